The molecular formula is C24H21N3O4. The summed E-state index contributed by atoms with van der Waals surface area (Å²) < 4.78 is 4.56. The number of esters is 1. The molecule has 156 valence electrons. The molecule has 7 heteroatoms. The van der Waals surface area contributed by atoms with Crippen LogP contribution >= 0.6 is 0 Å². The molecule has 0 unspecified atom stereocenters. The number of Topliss-reactive ketones (excluding diaryl/α,β-unsaturated/α-hetero) is 1. The van der Waals surface area contributed by atoms with E-state index in [9.17, 15) is 14.4 Å². The van der Waals surface area contributed by atoms with Crippen molar-refractivity contribution in [2.24, 2.45) is 10.2 Å². The van der Waals surface area contributed by atoms with Gasteiger partial charge in [0.05, 0.1) is 24.0 Å². The van der Waals surface area contributed by atoms with Crippen LogP contribution in [0.25, 0.3) is 0 Å². The Kier molecular flexibility index (Phi) is 7.37. The second kappa shape index (κ2) is 10.6. The summed E-state index contributed by atoms with van der Waals surface area (Å²) in [5, 5.41) is 11.0. The summed E-state index contributed by atoms with van der Waals surface area (Å²) in [5.74, 6) is -2.39. The van der Waals surface area contributed by atoms with Gasteiger partial charge in [-0.2, -0.15) is 5.11 Å². The first-order valence-corrected chi connectivity index (χ1v) is 9.61. The third-order valence-electron chi connectivity index (χ3n) is 4.47. The van der Waals surface area contributed by atoms with Crippen LogP contribution in [0.4, 0.5) is 11.4 Å². The van der Waals surface area contributed by atoms with Crippen LogP contribution in [0.15, 0.2) is 95.2 Å². The minimum Gasteiger partial charge on any atom is -0.463 e. The maximum atomic E-state index is 13.0. The Labute approximate surface area is 179 Å². The molecule has 0 saturated heterocycles. The van der Waals surface area contributed by atoms with Gasteiger partial charge < -0.3 is 10.1 Å². The highest BCUT2D eigenvalue weighted by molar-refractivity contribution is 6.36. The van der Waals surface area contributed by atoms with E-state index in [0.29, 0.717) is 11.4 Å². The lowest BCUT2D eigenvalue weighted by Gasteiger charge is -2.17. The first kappa shape index (κ1) is 21.6. The van der Waals surface area contributed by atoms with Gasteiger partial charge in [0.2, 0.25) is 0 Å². The van der Waals surface area contributed by atoms with Crippen LogP contribution in [0.5, 0.6) is 0 Å². The van der Waals surface area contributed by atoms with Crippen LogP contribution < -0.4 is 5.32 Å². The fraction of sp³-hybridized carbons (Fsp3) is 0.125. The van der Waals surface area contributed by atoms with Gasteiger partial charge in [-0.15, -0.1) is 5.11 Å². The van der Waals surface area contributed by atoms with E-state index in [0.717, 1.165) is 12.7 Å². The zero-order chi connectivity index (χ0) is 22.1. The SMILES string of the molecule is COC(=O)C(=O)[C@H](Cc1ccccc1)NC(=O)c1ccccc1N=Nc1ccccc1. The summed E-state index contributed by atoms with van der Waals surface area (Å²) in [6.45, 7) is 0. The number of hydrogen-bond acceptors (Lipinski definition) is 6. The number of benzene rings is 3. The molecule has 31 heavy (non-hydrogen) atoms. The van der Waals surface area contributed by atoms with Crippen LogP contribution in [0.2, 0.25) is 0 Å². The van der Waals surface area contributed by atoms with Gasteiger partial charge in [-0.1, -0.05) is 60.7 Å². The molecule has 0 aliphatic carbocycles. The van der Waals surface area contributed by atoms with Crippen LogP contribution in [0, 0.1) is 0 Å². The Morgan fingerprint density at radius 3 is 2.13 bits per heavy atom. The summed E-state index contributed by atoms with van der Waals surface area (Å²) in [6.07, 6.45) is 0.147. The first-order valence-electron chi connectivity index (χ1n) is 9.61. The van der Waals surface area contributed by atoms with E-state index in [1.165, 1.54) is 0 Å². The average molecular weight is 415 g/mol. The number of methoxy groups -OCH3 is 1. The Morgan fingerprint density at radius 2 is 1.45 bits per heavy atom. The second-order valence-corrected chi connectivity index (χ2v) is 6.62. The van der Waals surface area contributed by atoms with Gasteiger partial charge in [0.25, 0.3) is 11.7 Å². The number of rotatable bonds is 8. The zero-order valence-electron chi connectivity index (χ0n) is 16.9. The second-order valence-electron chi connectivity index (χ2n) is 6.62. The van der Waals surface area contributed by atoms with E-state index >= 15 is 0 Å². The third-order valence-corrected chi connectivity index (χ3v) is 4.47. The van der Waals surface area contributed by atoms with Gasteiger partial charge in [-0.25, -0.2) is 4.79 Å². The molecule has 0 heterocycles. The van der Waals surface area contributed by atoms with Gasteiger partial charge in [-0.05, 0) is 29.8 Å². The topological polar surface area (TPSA) is 97.2 Å². The number of carbonyl (C=O) groups is 3. The fourth-order valence-electron chi connectivity index (χ4n) is 2.90. The molecule has 0 radical (unpaired) electrons. The quantitative estimate of drug-likeness (QED) is 0.339. The summed E-state index contributed by atoms with van der Waals surface area (Å²) in [5.41, 5.74) is 2.01. The summed E-state index contributed by atoms with van der Waals surface area (Å²) in [6, 6.07) is 23.8. The molecule has 1 atom stereocenters. The molecule has 0 saturated carbocycles. The molecule has 3 rings (SSSR count). The Hall–Kier alpha value is -4.13. The van der Waals surface area contributed by atoms with Crippen molar-refractivity contribution in [3.05, 3.63) is 96.1 Å². The average Bonchev–Trinajstić information content (AvgIpc) is 2.82. The van der Waals surface area contributed by atoms with Crippen molar-refractivity contribution in [3.63, 3.8) is 0 Å². The number of nitrogens with zero attached hydrogens (tertiary/aromatic N) is 2. The summed E-state index contributed by atoms with van der Waals surface area (Å²) in [7, 11) is 1.13. The molecule has 0 aliphatic heterocycles. The van der Waals surface area contributed by atoms with Crippen molar-refractivity contribution in [3.8, 4) is 0 Å². The molecule has 7 nitrogen and oxygen atoms in total. The molecule has 1 amide bonds. The van der Waals surface area contributed by atoms with Crippen molar-refractivity contribution in [1.82, 2.24) is 5.32 Å². The molecule has 3 aromatic rings. The number of nitrogens with one attached hydrogen (secondary N) is 1. The molecule has 0 fully saturated rings. The smallest absolute Gasteiger partial charge is 0.376 e. The molecule has 0 spiro atoms. The summed E-state index contributed by atoms with van der Waals surface area (Å²) >= 11 is 0. The first-order chi connectivity index (χ1) is 15.1. The largest absolute Gasteiger partial charge is 0.463 e. The van der Waals surface area contributed by atoms with Gasteiger partial charge in [0.15, 0.2) is 0 Å². The normalized spacial score (nSPS) is 11.6. The molecule has 0 aromatic heterocycles. The number of carbonyl (C=O) groups excluding carboxylic acids is 3. The number of hydrogen-bond donors (Lipinski definition) is 1. The Balaban J connectivity index is 1.83. The van der Waals surface area contributed by atoms with Crippen molar-refractivity contribution < 1.29 is 19.1 Å². The predicted octanol–water partition coefficient (Wildman–Crippen LogP) is 4.19. The van der Waals surface area contributed by atoms with E-state index < -0.39 is 23.7 Å². The molecule has 3 aromatic carbocycles. The van der Waals surface area contributed by atoms with Crippen molar-refractivity contribution in [2.45, 2.75) is 12.5 Å². The van der Waals surface area contributed by atoms with Crippen LogP contribution in [-0.4, -0.2) is 30.8 Å². The number of ketones is 1. The lowest BCUT2D eigenvalue weighted by molar-refractivity contribution is -0.152. The van der Waals surface area contributed by atoms with Crippen molar-refractivity contribution in [1.29, 1.82) is 0 Å². The highest BCUT2D eigenvalue weighted by Crippen LogP contribution is 2.22. The minimum atomic E-state index is -1.08. The van der Waals surface area contributed by atoms with E-state index in [1.54, 1.807) is 36.4 Å². The standard InChI is InChI=1S/C24H21N3O4/c1-31-24(30)22(28)21(16-17-10-4-2-5-11-17)25-23(29)19-14-8-9-15-20(19)27-26-18-12-6-3-7-13-18/h2-15,21H,16H2,1H3,(H,25,29)/t21-/m0/s1. The van der Waals surface area contributed by atoms with E-state index in [1.807, 2.05) is 48.5 Å². The van der Waals surface area contributed by atoms with Crippen molar-refractivity contribution >= 4 is 29.0 Å². The van der Waals surface area contributed by atoms with Gasteiger partial charge in [0.1, 0.15) is 6.04 Å². The molecular weight excluding hydrogens is 394 g/mol. The fourth-order valence-corrected chi connectivity index (χ4v) is 2.90. The number of ether oxygens (including phenoxy) is 1. The highest BCUT2D eigenvalue weighted by Gasteiger charge is 2.28. The molecule has 0 aliphatic rings. The minimum absolute atomic E-state index is 0.147. The lowest BCUT2D eigenvalue weighted by Crippen LogP contribution is -2.45. The highest BCUT2D eigenvalue weighted by atomic mass is 16.5. The number of azo groups is 1. The maximum Gasteiger partial charge on any atom is 0.376 e. The van der Waals surface area contributed by atoms with E-state index in [4.69, 9.17) is 0 Å². The molecule has 1 N–H and O–H groups in total. The lowest BCUT2D eigenvalue weighted by atomic mass is 10.0. The van der Waals surface area contributed by atoms with Gasteiger partial charge in [-0.3, -0.25) is 9.59 Å². The number of amides is 1. The van der Waals surface area contributed by atoms with Crippen LogP contribution in [-0.2, 0) is 20.7 Å². The van der Waals surface area contributed by atoms with E-state index in [2.05, 4.69) is 20.3 Å². The van der Waals surface area contributed by atoms with Crippen LogP contribution in [0.1, 0.15) is 15.9 Å². The Morgan fingerprint density at radius 1 is 0.839 bits per heavy atom. The monoisotopic (exact) mass is 415 g/mol. The predicted molar refractivity (Wildman–Crippen MR) is 115 cm³/mol. The Bertz CT molecular complexity index is 1080. The zero-order valence-corrected chi connectivity index (χ0v) is 16.9. The van der Waals surface area contributed by atoms with Gasteiger partial charge in [0, 0.05) is 6.42 Å². The van der Waals surface area contributed by atoms with Crippen LogP contribution in [0.3, 0.4) is 0 Å². The van der Waals surface area contributed by atoms with Gasteiger partial charge >= 0.3 is 5.97 Å². The van der Waals surface area contributed by atoms with E-state index in [-0.39, 0.29) is 12.0 Å². The maximum absolute atomic E-state index is 13.0. The van der Waals surface area contributed by atoms with Crippen molar-refractivity contribution in [2.75, 3.05) is 7.11 Å². The summed E-state index contributed by atoms with van der Waals surface area (Å²) in [4.78, 5) is 37.3. The molecule has 0 bridgehead atoms. The third kappa shape index (κ3) is 5.93.